The van der Waals surface area contributed by atoms with Gasteiger partial charge in [0.1, 0.15) is 24.4 Å². The van der Waals surface area contributed by atoms with Gasteiger partial charge in [0.05, 0.1) is 16.7 Å². The normalized spacial score (nSPS) is 13.8. The minimum Gasteiger partial charge on any atom is -0.492 e. The fourth-order valence-corrected chi connectivity index (χ4v) is 6.04. The number of carbonyl (C=O) groups is 1. The lowest BCUT2D eigenvalue weighted by Crippen LogP contribution is -2.33. The van der Waals surface area contributed by atoms with E-state index in [0.717, 1.165) is 61.1 Å². The van der Waals surface area contributed by atoms with Gasteiger partial charge in [-0.1, -0.05) is 66.0 Å². The van der Waals surface area contributed by atoms with Crippen molar-refractivity contribution in [3.63, 3.8) is 0 Å². The third-order valence-corrected chi connectivity index (χ3v) is 8.60. The number of piperidine rings is 1. The van der Waals surface area contributed by atoms with Crippen LogP contribution in [0.25, 0.3) is 11.1 Å². The van der Waals surface area contributed by atoms with Gasteiger partial charge in [0.2, 0.25) is 0 Å². The molecule has 0 atom stereocenters. The smallest absolute Gasteiger partial charge is 0.138 e. The van der Waals surface area contributed by atoms with E-state index in [-0.39, 0.29) is 0 Å². The molecule has 0 bridgehead atoms. The van der Waals surface area contributed by atoms with E-state index < -0.39 is 0 Å². The Morgan fingerprint density at radius 1 is 0.953 bits per heavy atom. The minimum atomic E-state index is 0.394. The van der Waals surface area contributed by atoms with Crippen LogP contribution in [0.15, 0.2) is 54.6 Å². The highest BCUT2D eigenvalue weighted by atomic mass is 35.5. The van der Waals surface area contributed by atoms with Crippen molar-refractivity contribution in [2.24, 2.45) is 0 Å². The molecule has 2 N–H and O–H groups in total. The first-order valence-electron chi connectivity index (χ1n) is 15.2. The first-order valence-corrected chi connectivity index (χ1v) is 15.9. The van der Waals surface area contributed by atoms with Crippen LogP contribution in [0.1, 0.15) is 48.8 Å². The number of hydrogen-bond donors (Lipinski definition) is 2. The summed E-state index contributed by atoms with van der Waals surface area (Å²) >= 11 is 13.5. The van der Waals surface area contributed by atoms with Gasteiger partial charge in [-0.05, 0) is 79.7 Å². The van der Waals surface area contributed by atoms with Crippen LogP contribution in [0, 0.1) is 6.92 Å². The molecule has 1 heterocycles. The maximum atomic E-state index is 10.8. The maximum absolute atomic E-state index is 10.8. The summed E-state index contributed by atoms with van der Waals surface area (Å²) in [6.07, 6.45) is 5.99. The summed E-state index contributed by atoms with van der Waals surface area (Å²) in [5.41, 5.74) is 7.45. The van der Waals surface area contributed by atoms with Crippen LogP contribution in [0.2, 0.25) is 10.0 Å². The molecule has 0 unspecified atom stereocenters. The largest absolute Gasteiger partial charge is 0.492 e. The second-order valence-electron chi connectivity index (χ2n) is 11.0. The van der Waals surface area contributed by atoms with Gasteiger partial charge in [-0.2, -0.15) is 0 Å². The Labute approximate surface area is 265 Å². The Balaban J connectivity index is 1.36. The van der Waals surface area contributed by atoms with E-state index in [1.54, 1.807) is 0 Å². The second kappa shape index (κ2) is 17.6. The molecule has 0 spiro atoms. The predicted octanol–water partition coefficient (Wildman–Crippen LogP) is 7.17. The number of carbonyl (C=O) groups excluding carboxylic acids is 1. The number of hydroxylamine groups is 1. The van der Waals surface area contributed by atoms with Crippen molar-refractivity contribution < 1.29 is 19.5 Å². The van der Waals surface area contributed by atoms with Crippen LogP contribution in [0.3, 0.4) is 0 Å². The number of nitrogens with zero attached hydrogens (tertiary/aromatic N) is 2. The Kier molecular flexibility index (Phi) is 13.6. The van der Waals surface area contributed by atoms with Gasteiger partial charge in [0, 0.05) is 44.7 Å². The van der Waals surface area contributed by atoms with Crippen LogP contribution in [-0.4, -0.2) is 67.2 Å². The van der Waals surface area contributed by atoms with Gasteiger partial charge < -0.3 is 24.4 Å². The molecule has 0 aliphatic carbocycles. The molecule has 43 heavy (non-hydrogen) atoms. The van der Waals surface area contributed by atoms with Crippen LogP contribution in [0.5, 0.6) is 11.5 Å². The van der Waals surface area contributed by atoms with E-state index in [9.17, 15) is 4.79 Å². The Bertz CT molecular complexity index is 1320. The molecule has 1 fully saturated rings. The average Bonchev–Trinajstić information content (AvgIpc) is 3.02. The van der Waals surface area contributed by atoms with Crippen molar-refractivity contribution in [3.05, 3.63) is 81.3 Å². The van der Waals surface area contributed by atoms with Gasteiger partial charge in [0.25, 0.3) is 0 Å². The number of nitrogens with one attached hydrogen (secondary N) is 1. The molecular weight excluding hydrogens is 585 g/mol. The molecule has 4 rings (SSSR count). The van der Waals surface area contributed by atoms with E-state index >= 15 is 0 Å². The molecule has 0 radical (unpaired) electrons. The molecule has 0 aromatic heterocycles. The van der Waals surface area contributed by atoms with Crippen LogP contribution in [0.4, 0.5) is 0 Å². The zero-order valence-corrected chi connectivity index (χ0v) is 26.5. The van der Waals surface area contributed by atoms with Crippen LogP contribution >= 0.6 is 23.2 Å². The zero-order chi connectivity index (χ0) is 30.4. The minimum absolute atomic E-state index is 0.394. The number of rotatable bonds is 17. The lowest BCUT2D eigenvalue weighted by molar-refractivity contribution is -0.108. The topological polar surface area (TPSA) is 74.3 Å². The standard InChI is InChI=1S/C34H43Cl2N3O4/c1-26-28(25-43-32-14-13-27(23-31(32)35)24-39-16-3-2-4-17-39)9-5-10-29(26)30-11-6-12-33(34(30)36)42-22-8-19-38(18-7-21-40)20-15-37-41/h5-6,9-14,21,23,37,41H,2-4,7-8,15-20,22,24-25H2,1H3. The van der Waals surface area contributed by atoms with Crippen molar-refractivity contribution in [2.75, 3.05) is 45.9 Å². The Morgan fingerprint density at radius 3 is 2.51 bits per heavy atom. The first-order chi connectivity index (χ1) is 21.0. The summed E-state index contributed by atoms with van der Waals surface area (Å²) in [6.45, 7) is 8.67. The molecule has 9 heteroatoms. The zero-order valence-electron chi connectivity index (χ0n) is 25.0. The summed E-state index contributed by atoms with van der Waals surface area (Å²) < 4.78 is 12.3. The molecular formula is C34H43Cl2N3O4. The maximum Gasteiger partial charge on any atom is 0.138 e. The van der Waals surface area contributed by atoms with Gasteiger partial charge in [-0.3, -0.25) is 4.90 Å². The number of aldehydes is 1. The summed E-state index contributed by atoms with van der Waals surface area (Å²) in [6, 6.07) is 18.1. The highest BCUT2D eigenvalue weighted by molar-refractivity contribution is 6.34. The highest BCUT2D eigenvalue weighted by Gasteiger charge is 2.15. The van der Waals surface area contributed by atoms with Gasteiger partial charge >= 0.3 is 0 Å². The first kappa shape index (κ1) is 33.2. The SMILES string of the molecule is Cc1c(COc2ccc(CN3CCCCC3)cc2Cl)cccc1-c1cccc(OCCCN(CCC=O)CCNO)c1Cl. The monoisotopic (exact) mass is 627 g/mol. The van der Waals surface area contributed by atoms with Crippen LogP contribution < -0.4 is 15.0 Å². The molecule has 3 aromatic rings. The van der Waals surface area contributed by atoms with Gasteiger partial charge in [-0.25, -0.2) is 5.48 Å². The van der Waals surface area contributed by atoms with Crippen molar-refractivity contribution in [1.82, 2.24) is 15.3 Å². The number of hydrogen-bond acceptors (Lipinski definition) is 7. The molecule has 1 aliphatic heterocycles. The third-order valence-electron chi connectivity index (χ3n) is 7.91. The van der Waals surface area contributed by atoms with Crippen molar-refractivity contribution >= 4 is 29.5 Å². The number of halogens is 2. The molecule has 3 aromatic carbocycles. The van der Waals surface area contributed by atoms with Gasteiger partial charge in [0.15, 0.2) is 0 Å². The van der Waals surface area contributed by atoms with E-state index in [1.807, 2.05) is 36.4 Å². The summed E-state index contributed by atoms with van der Waals surface area (Å²) in [7, 11) is 0. The lowest BCUT2D eigenvalue weighted by Gasteiger charge is -2.26. The fourth-order valence-electron chi connectivity index (χ4n) is 5.50. The second-order valence-corrected chi connectivity index (χ2v) is 11.8. The number of benzene rings is 3. The molecule has 1 aliphatic rings. The highest BCUT2D eigenvalue weighted by Crippen LogP contribution is 2.38. The molecule has 0 amide bonds. The van der Waals surface area contributed by atoms with Crippen molar-refractivity contribution in [1.29, 1.82) is 0 Å². The fraction of sp³-hybridized carbons (Fsp3) is 0.441. The molecule has 7 nitrogen and oxygen atoms in total. The van der Waals surface area contributed by atoms with E-state index in [1.165, 1.54) is 24.8 Å². The quantitative estimate of drug-likeness (QED) is 0.0933. The van der Waals surface area contributed by atoms with Crippen LogP contribution in [-0.2, 0) is 17.9 Å². The molecule has 0 saturated carbocycles. The van der Waals surface area contributed by atoms with E-state index in [4.69, 9.17) is 37.9 Å². The third kappa shape index (κ3) is 9.93. The predicted molar refractivity (Wildman–Crippen MR) is 174 cm³/mol. The summed E-state index contributed by atoms with van der Waals surface area (Å²) in [5.74, 6) is 1.31. The lowest BCUT2D eigenvalue weighted by atomic mass is 9.96. The van der Waals surface area contributed by atoms with Crippen molar-refractivity contribution in [2.45, 2.75) is 52.2 Å². The Hall–Kier alpha value is -2.65. The van der Waals surface area contributed by atoms with Gasteiger partial charge in [-0.15, -0.1) is 0 Å². The van der Waals surface area contributed by atoms with E-state index in [0.29, 0.717) is 60.8 Å². The molecule has 232 valence electrons. The number of ether oxygens (including phenoxy) is 2. The molecule has 1 saturated heterocycles. The Morgan fingerprint density at radius 2 is 1.74 bits per heavy atom. The summed E-state index contributed by atoms with van der Waals surface area (Å²) in [5, 5.41) is 10.1. The number of likely N-dealkylation sites (tertiary alicyclic amines) is 1. The van der Waals surface area contributed by atoms with E-state index in [2.05, 4.69) is 40.4 Å². The average molecular weight is 629 g/mol. The summed E-state index contributed by atoms with van der Waals surface area (Å²) in [4.78, 5) is 15.4. The van der Waals surface area contributed by atoms with Crippen molar-refractivity contribution in [3.8, 4) is 22.6 Å².